The molecule has 25 heavy (non-hydrogen) atoms. The normalized spacial score (nSPS) is 11.4. The van der Waals surface area contributed by atoms with Crippen molar-refractivity contribution in [1.29, 1.82) is 5.26 Å². The zero-order chi connectivity index (χ0) is 18.0. The number of carbonyl (C=O) groups excluding carboxylic acids is 1. The number of rotatable bonds is 4. The minimum absolute atomic E-state index is 0.236. The van der Waals surface area contributed by atoms with Crippen molar-refractivity contribution in [3.63, 3.8) is 0 Å². The third kappa shape index (κ3) is 3.46. The molecule has 0 bridgehead atoms. The molecule has 4 nitrogen and oxygen atoms in total. The maximum Gasteiger partial charge on any atom is 0.139 e. The Kier molecular flexibility index (Phi) is 4.41. The van der Waals surface area contributed by atoms with Crippen LogP contribution in [-0.2, 0) is 11.3 Å². The van der Waals surface area contributed by atoms with Gasteiger partial charge in [-0.25, -0.2) is 0 Å². The van der Waals surface area contributed by atoms with Crippen LogP contribution in [0.5, 0.6) is 0 Å². The molecule has 0 fully saturated rings. The predicted molar refractivity (Wildman–Crippen MR) is 99.0 cm³/mol. The fourth-order valence-corrected chi connectivity index (χ4v) is 2.92. The van der Waals surface area contributed by atoms with Crippen molar-refractivity contribution in [2.24, 2.45) is 5.41 Å². The van der Waals surface area contributed by atoms with Crippen LogP contribution >= 0.6 is 0 Å². The van der Waals surface area contributed by atoms with Crippen molar-refractivity contribution >= 4 is 16.7 Å². The number of hydrogen-bond donors (Lipinski definition) is 0. The molecule has 0 aliphatic rings. The summed E-state index contributed by atoms with van der Waals surface area (Å²) in [5, 5.41) is 10.1. The molecule has 4 heteroatoms. The molecule has 0 saturated carbocycles. The molecule has 0 amide bonds. The van der Waals surface area contributed by atoms with Gasteiger partial charge in [-0.05, 0) is 36.4 Å². The number of benzene rings is 1. The van der Waals surface area contributed by atoms with Gasteiger partial charge in [0.25, 0.3) is 0 Å². The first-order valence-electron chi connectivity index (χ1n) is 8.37. The average Bonchev–Trinajstić information content (AvgIpc) is 2.97. The lowest BCUT2D eigenvalue weighted by atomic mass is 9.89. The van der Waals surface area contributed by atoms with Gasteiger partial charge in [-0.2, -0.15) is 5.26 Å². The van der Waals surface area contributed by atoms with Crippen molar-refractivity contribution in [3.8, 4) is 17.3 Å². The molecule has 0 N–H and O–H groups in total. The van der Waals surface area contributed by atoms with E-state index in [-0.39, 0.29) is 11.2 Å². The quantitative estimate of drug-likeness (QED) is 0.703. The van der Waals surface area contributed by atoms with Crippen LogP contribution in [-0.4, -0.2) is 15.3 Å². The third-order valence-corrected chi connectivity index (χ3v) is 4.39. The van der Waals surface area contributed by atoms with Crippen molar-refractivity contribution in [2.75, 3.05) is 0 Å². The second kappa shape index (κ2) is 6.52. The van der Waals surface area contributed by atoms with E-state index in [1.165, 1.54) is 0 Å². The van der Waals surface area contributed by atoms with Gasteiger partial charge in [-0.15, -0.1) is 0 Å². The summed E-state index contributed by atoms with van der Waals surface area (Å²) < 4.78 is 2.15. The monoisotopic (exact) mass is 331 g/mol. The summed E-state index contributed by atoms with van der Waals surface area (Å²) in [7, 11) is 0. The molecular weight excluding hydrogens is 310 g/mol. The summed E-state index contributed by atoms with van der Waals surface area (Å²) in [4.78, 5) is 16.6. The smallest absolute Gasteiger partial charge is 0.139 e. The van der Waals surface area contributed by atoms with Gasteiger partial charge in [0.15, 0.2) is 0 Å². The Hall–Kier alpha value is -2.93. The molecule has 1 aromatic carbocycles. The standard InChI is InChI=1S/C21H21N3O/c1-21(2,3)20(25)8-10-24-18-7-6-15(13-22)11-17(18)12-19(24)16-5-4-9-23-14-16/h4-7,9,11-12,14H,8,10H2,1-3H3. The SMILES string of the molecule is CC(C)(C)C(=O)CCn1c(-c2cccnc2)cc2cc(C#N)ccc21. The Morgan fingerprint density at radius 2 is 2.04 bits per heavy atom. The molecule has 0 aliphatic heterocycles. The molecule has 0 aliphatic carbocycles. The highest BCUT2D eigenvalue weighted by Crippen LogP contribution is 2.29. The number of hydrogen-bond acceptors (Lipinski definition) is 3. The predicted octanol–water partition coefficient (Wildman–Crippen LogP) is 4.58. The lowest BCUT2D eigenvalue weighted by Gasteiger charge is -2.18. The third-order valence-electron chi connectivity index (χ3n) is 4.39. The van der Waals surface area contributed by atoms with Crippen LogP contribution in [0.15, 0.2) is 48.8 Å². The van der Waals surface area contributed by atoms with E-state index < -0.39 is 0 Å². The van der Waals surface area contributed by atoms with Gasteiger partial charge in [0.2, 0.25) is 0 Å². The molecule has 0 spiro atoms. The number of Topliss-reactive ketones (excluding diaryl/α,β-unsaturated/α-hetero) is 1. The minimum atomic E-state index is -0.342. The van der Waals surface area contributed by atoms with Crippen LogP contribution in [0.4, 0.5) is 0 Å². The number of fused-ring (bicyclic) bond motifs is 1. The van der Waals surface area contributed by atoms with E-state index in [9.17, 15) is 4.79 Å². The fourth-order valence-electron chi connectivity index (χ4n) is 2.92. The highest BCUT2D eigenvalue weighted by Gasteiger charge is 2.21. The largest absolute Gasteiger partial charge is 0.340 e. The Balaban J connectivity index is 2.07. The van der Waals surface area contributed by atoms with E-state index in [1.54, 1.807) is 6.20 Å². The molecule has 0 atom stereocenters. The average molecular weight is 331 g/mol. The summed E-state index contributed by atoms with van der Waals surface area (Å²) in [6.07, 6.45) is 4.04. The molecule has 0 unspecified atom stereocenters. The molecule has 126 valence electrons. The number of carbonyl (C=O) groups is 1. The van der Waals surface area contributed by atoms with Crippen molar-refractivity contribution in [1.82, 2.24) is 9.55 Å². The fraction of sp³-hybridized carbons (Fsp3) is 0.286. The van der Waals surface area contributed by atoms with Gasteiger partial charge in [0.05, 0.1) is 17.3 Å². The van der Waals surface area contributed by atoms with Crippen LogP contribution in [0.1, 0.15) is 32.8 Å². The minimum Gasteiger partial charge on any atom is -0.340 e. The number of ketones is 1. The van der Waals surface area contributed by atoms with Crippen LogP contribution in [0.25, 0.3) is 22.2 Å². The maximum atomic E-state index is 12.4. The second-order valence-electron chi connectivity index (χ2n) is 7.23. The summed E-state index contributed by atoms with van der Waals surface area (Å²) in [6, 6.07) is 13.8. The first-order valence-corrected chi connectivity index (χ1v) is 8.37. The zero-order valence-electron chi connectivity index (χ0n) is 14.8. The lowest BCUT2D eigenvalue weighted by molar-refractivity contribution is -0.126. The topological polar surface area (TPSA) is 58.7 Å². The number of nitriles is 1. The zero-order valence-corrected chi connectivity index (χ0v) is 14.8. The van der Waals surface area contributed by atoms with E-state index >= 15 is 0 Å². The highest BCUT2D eigenvalue weighted by molar-refractivity contribution is 5.88. The molecule has 2 heterocycles. The van der Waals surface area contributed by atoms with Crippen molar-refractivity contribution in [2.45, 2.75) is 33.7 Å². The summed E-state index contributed by atoms with van der Waals surface area (Å²) in [6.45, 7) is 6.45. The van der Waals surface area contributed by atoms with Crippen LogP contribution < -0.4 is 0 Å². The molecule has 0 saturated heterocycles. The molecule has 3 aromatic rings. The summed E-state index contributed by atoms with van der Waals surface area (Å²) >= 11 is 0. The first kappa shape index (κ1) is 16.9. The van der Waals surface area contributed by atoms with E-state index in [4.69, 9.17) is 5.26 Å². The van der Waals surface area contributed by atoms with E-state index in [1.807, 2.05) is 57.3 Å². The maximum absolute atomic E-state index is 12.4. The van der Waals surface area contributed by atoms with Gasteiger partial charge < -0.3 is 4.57 Å². The van der Waals surface area contributed by atoms with Gasteiger partial charge in [0, 0.05) is 47.2 Å². The molecule has 3 rings (SSSR count). The van der Waals surface area contributed by atoms with Crippen molar-refractivity contribution in [3.05, 3.63) is 54.4 Å². The second-order valence-corrected chi connectivity index (χ2v) is 7.23. The van der Waals surface area contributed by atoms with Crippen LogP contribution in [0, 0.1) is 16.7 Å². The Morgan fingerprint density at radius 3 is 2.68 bits per heavy atom. The van der Waals surface area contributed by atoms with Gasteiger partial charge in [-0.1, -0.05) is 20.8 Å². The lowest BCUT2D eigenvalue weighted by Crippen LogP contribution is -2.21. The van der Waals surface area contributed by atoms with Crippen molar-refractivity contribution < 1.29 is 4.79 Å². The number of nitrogens with zero attached hydrogens (tertiary/aromatic N) is 3. The molecule has 2 aromatic heterocycles. The van der Waals surface area contributed by atoms with Crippen LogP contribution in [0.2, 0.25) is 0 Å². The Morgan fingerprint density at radius 1 is 1.24 bits per heavy atom. The molecular formula is C21H21N3O. The summed E-state index contributed by atoms with van der Waals surface area (Å²) in [5.41, 5.74) is 3.33. The van der Waals surface area contributed by atoms with Gasteiger partial charge in [-0.3, -0.25) is 9.78 Å². The highest BCUT2D eigenvalue weighted by atomic mass is 16.1. The molecule has 0 radical (unpaired) electrons. The van der Waals surface area contributed by atoms with Gasteiger partial charge >= 0.3 is 0 Å². The first-order chi connectivity index (χ1) is 11.9. The van der Waals surface area contributed by atoms with E-state index in [0.29, 0.717) is 18.5 Å². The number of pyridine rings is 1. The summed E-state index contributed by atoms with van der Waals surface area (Å²) in [5.74, 6) is 0.236. The van der Waals surface area contributed by atoms with E-state index in [2.05, 4.69) is 21.7 Å². The van der Waals surface area contributed by atoms with Crippen LogP contribution in [0.3, 0.4) is 0 Å². The Bertz CT molecular complexity index is 956. The number of aryl methyl sites for hydroxylation is 1. The van der Waals surface area contributed by atoms with E-state index in [0.717, 1.165) is 22.2 Å². The number of aromatic nitrogens is 2. The van der Waals surface area contributed by atoms with Gasteiger partial charge in [0.1, 0.15) is 5.78 Å². The Labute approximate surface area is 147 Å².